The van der Waals surface area contributed by atoms with Gasteiger partial charge < -0.3 is 10.4 Å². The lowest BCUT2D eigenvalue weighted by Crippen LogP contribution is -2.50. The number of hydrogen-bond donors (Lipinski definition) is 2. The molecule has 1 fully saturated rings. The molecule has 2 N–H and O–H groups in total. The van der Waals surface area contributed by atoms with Gasteiger partial charge in [0.05, 0.1) is 5.69 Å². The summed E-state index contributed by atoms with van der Waals surface area (Å²) in [4.78, 5) is 17.2. The average molecular weight is 249 g/mol. The quantitative estimate of drug-likeness (QED) is 0.805. The molecule has 5 heteroatoms. The second kappa shape index (κ2) is 6.47. The number of carboxylic acids is 1. The van der Waals surface area contributed by atoms with E-state index in [1.807, 2.05) is 18.2 Å². The van der Waals surface area contributed by atoms with Crippen molar-refractivity contribution in [2.24, 2.45) is 0 Å². The van der Waals surface area contributed by atoms with Gasteiger partial charge in [0.2, 0.25) is 0 Å². The highest BCUT2D eigenvalue weighted by molar-refractivity contribution is 5.66. The Kier molecular flexibility index (Phi) is 4.66. The van der Waals surface area contributed by atoms with Crippen LogP contribution in [-0.4, -0.2) is 46.6 Å². The number of aromatic nitrogens is 1. The number of pyridine rings is 1. The van der Waals surface area contributed by atoms with Crippen LogP contribution in [0.2, 0.25) is 0 Å². The van der Waals surface area contributed by atoms with Crippen molar-refractivity contribution in [2.75, 3.05) is 19.6 Å². The summed E-state index contributed by atoms with van der Waals surface area (Å²) in [7, 11) is 0. The number of carbonyl (C=O) groups is 1. The predicted octanol–water partition coefficient (Wildman–Crippen LogP) is 0.720. The summed E-state index contributed by atoms with van der Waals surface area (Å²) >= 11 is 0. The maximum atomic E-state index is 10.6. The molecule has 0 aliphatic carbocycles. The molecule has 2 rings (SSSR count). The third-order valence-corrected chi connectivity index (χ3v) is 3.16. The lowest BCUT2D eigenvalue weighted by atomic mass is 10.1. The molecule has 1 saturated heterocycles. The first kappa shape index (κ1) is 13.0. The van der Waals surface area contributed by atoms with Gasteiger partial charge in [-0.05, 0) is 18.6 Å². The largest absolute Gasteiger partial charge is 0.481 e. The highest BCUT2D eigenvalue weighted by Crippen LogP contribution is 2.08. The summed E-state index contributed by atoms with van der Waals surface area (Å²) in [6.07, 6.45) is 2.72. The van der Waals surface area contributed by atoms with Crippen LogP contribution in [0.15, 0.2) is 24.4 Å². The van der Waals surface area contributed by atoms with E-state index < -0.39 is 5.97 Å². The van der Waals surface area contributed by atoms with Crippen LogP contribution in [0, 0.1) is 0 Å². The van der Waals surface area contributed by atoms with Gasteiger partial charge in [0.25, 0.3) is 0 Å². The average Bonchev–Trinajstić information content (AvgIpc) is 2.38. The summed E-state index contributed by atoms with van der Waals surface area (Å²) in [5.41, 5.74) is 1.07. The number of nitrogens with one attached hydrogen (secondary N) is 1. The second-order valence-electron chi connectivity index (χ2n) is 4.64. The van der Waals surface area contributed by atoms with Crippen LogP contribution in [0.3, 0.4) is 0 Å². The van der Waals surface area contributed by atoms with Gasteiger partial charge in [0.15, 0.2) is 0 Å². The van der Waals surface area contributed by atoms with Crippen molar-refractivity contribution in [1.82, 2.24) is 15.2 Å². The molecule has 0 spiro atoms. The van der Waals surface area contributed by atoms with Crippen LogP contribution in [0.4, 0.5) is 0 Å². The molecular weight excluding hydrogens is 230 g/mol. The molecule has 98 valence electrons. The standard InChI is InChI=1S/C13H19N3O2/c17-13(18)5-4-12-10-16(8-7-15-12)9-11-3-1-2-6-14-11/h1-3,6,12,15H,4-5,7-10H2,(H,17,18). The van der Waals surface area contributed by atoms with Crippen LogP contribution in [0.5, 0.6) is 0 Å². The normalized spacial score (nSPS) is 20.8. The van der Waals surface area contributed by atoms with Crippen molar-refractivity contribution in [2.45, 2.75) is 25.4 Å². The number of piperazine rings is 1. The predicted molar refractivity (Wildman–Crippen MR) is 68.2 cm³/mol. The highest BCUT2D eigenvalue weighted by atomic mass is 16.4. The molecule has 5 nitrogen and oxygen atoms in total. The fourth-order valence-electron chi connectivity index (χ4n) is 2.25. The molecule has 0 radical (unpaired) electrons. The summed E-state index contributed by atoms with van der Waals surface area (Å²) in [5.74, 6) is -0.723. The van der Waals surface area contributed by atoms with Crippen molar-refractivity contribution in [1.29, 1.82) is 0 Å². The van der Waals surface area contributed by atoms with Gasteiger partial charge in [0, 0.05) is 44.8 Å². The van der Waals surface area contributed by atoms with Crippen molar-refractivity contribution in [3.8, 4) is 0 Å². The van der Waals surface area contributed by atoms with Crippen LogP contribution in [-0.2, 0) is 11.3 Å². The Morgan fingerprint density at radius 1 is 1.56 bits per heavy atom. The van der Waals surface area contributed by atoms with E-state index >= 15 is 0 Å². The zero-order valence-corrected chi connectivity index (χ0v) is 10.4. The van der Waals surface area contributed by atoms with Crippen molar-refractivity contribution < 1.29 is 9.90 Å². The SMILES string of the molecule is O=C(O)CCC1CN(Cc2ccccn2)CCN1. The Hall–Kier alpha value is -1.46. The van der Waals surface area contributed by atoms with Gasteiger partial charge in [-0.3, -0.25) is 14.7 Å². The van der Waals surface area contributed by atoms with Gasteiger partial charge in [-0.25, -0.2) is 0 Å². The summed E-state index contributed by atoms with van der Waals surface area (Å²) < 4.78 is 0. The van der Waals surface area contributed by atoms with Gasteiger partial charge in [0.1, 0.15) is 0 Å². The Balaban J connectivity index is 1.81. The number of carboxylic acid groups (broad SMARTS) is 1. The molecule has 1 aromatic rings. The first-order valence-electron chi connectivity index (χ1n) is 6.31. The molecule has 0 aromatic carbocycles. The van der Waals surface area contributed by atoms with Crippen LogP contribution in [0.1, 0.15) is 18.5 Å². The number of rotatable bonds is 5. The maximum Gasteiger partial charge on any atom is 0.303 e. The summed E-state index contributed by atoms with van der Waals surface area (Å²) in [6.45, 7) is 3.63. The molecule has 0 amide bonds. The van der Waals surface area contributed by atoms with Gasteiger partial charge >= 0.3 is 5.97 Å². The minimum atomic E-state index is -0.723. The third kappa shape index (κ3) is 4.09. The van der Waals surface area contributed by atoms with E-state index in [-0.39, 0.29) is 12.5 Å². The Morgan fingerprint density at radius 3 is 3.17 bits per heavy atom. The van der Waals surface area contributed by atoms with Gasteiger partial charge in [-0.2, -0.15) is 0 Å². The maximum absolute atomic E-state index is 10.6. The van der Waals surface area contributed by atoms with E-state index in [2.05, 4.69) is 15.2 Å². The van der Waals surface area contributed by atoms with E-state index in [1.54, 1.807) is 6.20 Å². The lowest BCUT2D eigenvalue weighted by molar-refractivity contribution is -0.137. The number of hydrogen-bond acceptors (Lipinski definition) is 4. The molecule has 1 aliphatic rings. The van der Waals surface area contributed by atoms with E-state index in [0.29, 0.717) is 6.42 Å². The second-order valence-corrected chi connectivity index (χ2v) is 4.64. The third-order valence-electron chi connectivity index (χ3n) is 3.16. The van der Waals surface area contributed by atoms with Crippen LogP contribution >= 0.6 is 0 Å². The molecule has 1 unspecified atom stereocenters. The van der Waals surface area contributed by atoms with E-state index in [0.717, 1.165) is 31.9 Å². The molecule has 1 aliphatic heterocycles. The zero-order valence-electron chi connectivity index (χ0n) is 10.4. The monoisotopic (exact) mass is 249 g/mol. The van der Waals surface area contributed by atoms with Crippen molar-refractivity contribution >= 4 is 5.97 Å². The summed E-state index contributed by atoms with van der Waals surface area (Å²) in [5, 5.41) is 12.1. The van der Waals surface area contributed by atoms with E-state index in [4.69, 9.17) is 5.11 Å². The van der Waals surface area contributed by atoms with Gasteiger partial charge in [-0.15, -0.1) is 0 Å². The first-order chi connectivity index (χ1) is 8.74. The number of aliphatic carboxylic acids is 1. The van der Waals surface area contributed by atoms with Crippen molar-refractivity contribution in [3.63, 3.8) is 0 Å². The molecule has 2 heterocycles. The molecule has 0 bridgehead atoms. The van der Waals surface area contributed by atoms with Crippen LogP contribution in [0.25, 0.3) is 0 Å². The lowest BCUT2D eigenvalue weighted by Gasteiger charge is -2.33. The zero-order chi connectivity index (χ0) is 12.8. The van der Waals surface area contributed by atoms with Crippen molar-refractivity contribution in [3.05, 3.63) is 30.1 Å². The van der Waals surface area contributed by atoms with E-state index in [9.17, 15) is 4.79 Å². The number of nitrogens with zero attached hydrogens (tertiary/aromatic N) is 2. The molecule has 1 atom stereocenters. The minimum absolute atomic E-state index is 0.231. The first-order valence-corrected chi connectivity index (χ1v) is 6.31. The molecule has 1 aromatic heterocycles. The van der Waals surface area contributed by atoms with Gasteiger partial charge in [-0.1, -0.05) is 6.07 Å². The summed E-state index contributed by atoms with van der Waals surface area (Å²) in [6, 6.07) is 6.20. The fourth-order valence-corrected chi connectivity index (χ4v) is 2.25. The molecule has 18 heavy (non-hydrogen) atoms. The molecule has 0 saturated carbocycles. The Labute approximate surface area is 107 Å². The minimum Gasteiger partial charge on any atom is -0.481 e. The fraction of sp³-hybridized carbons (Fsp3) is 0.538. The smallest absolute Gasteiger partial charge is 0.303 e. The topological polar surface area (TPSA) is 65.5 Å². The highest BCUT2D eigenvalue weighted by Gasteiger charge is 2.20. The molecular formula is C13H19N3O2. The van der Waals surface area contributed by atoms with E-state index in [1.165, 1.54) is 0 Å². The Morgan fingerprint density at radius 2 is 2.44 bits per heavy atom. The Bertz CT molecular complexity index is 383. The van der Waals surface area contributed by atoms with Crippen LogP contribution < -0.4 is 5.32 Å².